The minimum Gasteiger partial charge on any atom is -0.437 e. The Kier molecular flexibility index (Phi) is 3.93. The molecular weight excluding hydrogens is 294 g/mol. The second kappa shape index (κ2) is 5.46. The Balaban J connectivity index is 2.34. The smallest absolute Gasteiger partial charge is 0.243 e. The van der Waals surface area contributed by atoms with E-state index in [2.05, 4.69) is 26.1 Å². The van der Waals surface area contributed by atoms with E-state index in [4.69, 9.17) is 10.5 Å². The van der Waals surface area contributed by atoms with E-state index in [-0.39, 0.29) is 0 Å². The lowest BCUT2D eigenvalue weighted by Gasteiger charge is -2.11. The molecule has 0 fully saturated rings. The van der Waals surface area contributed by atoms with Crippen LogP contribution in [0.15, 0.2) is 28.7 Å². The third-order valence-corrected chi connectivity index (χ3v) is 3.31. The van der Waals surface area contributed by atoms with Gasteiger partial charge in [-0.05, 0) is 43.7 Å². The van der Waals surface area contributed by atoms with Crippen molar-refractivity contribution < 1.29 is 4.74 Å². The van der Waals surface area contributed by atoms with Crippen LogP contribution in [0.5, 0.6) is 11.6 Å². The van der Waals surface area contributed by atoms with Crippen molar-refractivity contribution in [1.82, 2.24) is 10.2 Å². The molecule has 1 aromatic heterocycles. The predicted molar refractivity (Wildman–Crippen MR) is 73.6 cm³/mol. The van der Waals surface area contributed by atoms with E-state index in [9.17, 15) is 0 Å². The van der Waals surface area contributed by atoms with Crippen molar-refractivity contribution in [1.29, 1.82) is 0 Å². The third kappa shape index (κ3) is 2.68. The van der Waals surface area contributed by atoms with Crippen LogP contribution in [0.4, 0.5) is 0 Å². The molecule has 0 radical (unpaired) electrons. The summed E-state index contributed by atoms with van der Waals surface area (Å²) in [6.45, 7) is 4.26. The monoisotopic (exact) mass is 307 g/mol. The Morgan fingerprint density at radius 2 is 1.83 bits per heavy atom. The summed E-state index contributed by atoms with van der Waals surface area (Å²) in [5, 5.41) is 8.12. The maximum Gasteiger partial charge on any atom is 0.243 e. The average molecular weight is 308 g/mol. The summed E-state index contributed by atoms with van der Waals surface area (Å²) in [4.78, 5) is 0. The van der Waals surface area contributed by atoms with Crippen molar-refractivity contribution in [3.05, 3.63) is 45.6 Å². The molecule has 2 rings (SSSR count). The molecule has 2 N–H and O–H groups in total. The molecule has 5 heteroatoms. The normalized spacial score (nSPS) is 10.4. The lowest BCUT2D eigenvalue weighted by molar-refractivity contribution is 0.446. The number of ether oxygens (including phenoxy) is 1. The first-order chi connectivity index (χ1) is 8.61. The second-order valence-corrected chi connectivity index (χ2v) is 4.87. The van der Waals surface area contributed by atoms with Crippen LogP contribution in [-0.4, -0.2) is 10.2 Å². The van der Waals surface area contributed by atoms with E-state index < -0.39 is 0 Å². The van der Waals surface area contributed by atoms with Crippen LogP contribution in [0.25, 0.3) is 0 Å². The van der Waals surface area contributed by atoms with E-state index in [0.717, 1.165) is 21.3 Å². The first-order valence-corrected chi connectivity index (χ1v) is 6.37. The minimum atomic E-state index is 0.383. The molecule has 0 saturated heterocycles. The molecule has 0 aliphatic rings. The molecule has 4 nitrogen and oxygen atoms in total. The topological polar surface area (TPSA) is 61.0 Å². The maximum absolute atomic E-state index is 5.74. The zero-order valence-electron chi connectivity index (χ0n) is 10.3. The average Bonchev–Trinajstić information content (AvgIpc) is 2.37. The van der Waals surface area contributed by atoms with Crippen molar-refractivity contribution in [3.8, 4) is 11.6 Å². The summed E-state index contributed by atoms with van der Waals surface area (Å²) in [5.41, 5.74) is 8.54. The van der Waals surface area contributed by atoms with Gasteiger partial charge in [0.15, 0.2) is 0 Å². The van der Waals surface area contributed by atoms with Crippen LogP contribution in [0.3, 0.4) is 0 Å². The molecular formula is C13H14BrN3O. The highest BCUT2D eigenvalue weighted by Gasteiger charge is 2.11. The summed E-state index contributed by atoms with van der Waals surface area (Å²) < 4.78 is 6.72. The number of nitrogens with two attached hydrogens (primary N) is 1. The number of hydrogen-bond donors (Lipinski definition) is 1. The van der Waals surface area contributed by atoms with Crippen LogP contribution in [-0.2, 0) is 6.54 Å². The summed E-state index contributed by atoms with van der Waals surface area (Å²) in [6, 6.07) is 7.54. The number of benzene rings is 1. The summed E-state index contributed by atoms with van der Waals surface area (Å²) in [6.07, 6.45) is 0. The molecule has 18 heavy (non-hydrogen) atoms. The van der Waals surface area contributed by atoms with Crippen LogP contribution in [0.1, 0.15) is 16.8 Å². The Morgan fingerprint density at radius 3 is 2.44 bits per heavy atom. The maximum atomic E-state index is 5.74. The molecule has 94 valence electrons. The van der Waals surface area contributed by atoms with Crippen LogP contribution < -0.4 is 10.5 Å². The van der Waals surface area contributed by atoms with Gasteiger partial charge in [-0.1, -0.05) is 15.9 Å². The lowest BCUT2D eigenvalue weighted by atomic mass is 10.1. The van der Waals surface area contributed by atoms with Gasteiger partial charge in [-0.3, -0.25) is 0 Å². The van der Waals surface area contributed by atoms with E-state index >= 15 is 0 Å². The number of aryl methyl sites for hydroxylation is 1. The fourth-order valence-electron chi connectivity index (χ4n) is 1.57. The van der Waals surface area contributed by atoms with Crippen molar-refractivity contribution in [2.24, 2.45) is 5.73 Å². The predicted octanol–water partition coefficient (Wildman–Crippen LogP) is 3.11. The number of hydrogen-bond acceptors (Lipinski definition) is 4. The minimum absolute atomic E-state index is 0.383. The molecule has 0 saturated carbocycles. The summed E-state index contributed by atoms with van der Waals surface area (Å²) in [7, 11) is 0. The number of rotatable bonds is 3. The van der Waals surface area contributed by atoms with Crippen LogP contribution in [0, 0.1) is 13.8 Å². The third-order valence-electron chi connectivity index (χ3n) is 2.78. The highest BCUT2D eigenvalue weighted by Crippen LogP contribution is 2.26. The molecule has 1 aromatic carbocycles. The first kappa shape index (κ1) is 13.0. The standard InChI is InChI=1S/C13H14BrN3O/c1-8-9(2)16-17-13(12(8)7-15)18-11-5-3-10(14)4-6-11/h3-6H,7,15H2,1-2H3. The second-order valence-electron chi connectivity index (χ2n) is 3.95. The molecule has 0 spiro atoms. The highest BCUT2D eigenvalue weighted by molar-refractivity contribution is 9.10. The molecule has 0 amide bonds. The molecule has 1 heterocycles. The van der Waals surface area contributed by atoms with Crippen LogP contribution >= 0.6 is 15.9 Å². The van der Waals surface area contributed by atoms with Crippen molar-refractivity contribution in [2.45, 2.75) is 20.4 Å². The van der Waals surface area contributed by atoms with E-state index in [1.807, 2.05) is 38.1 Å². The Morgan fingerprint density at radius 1 is 1.17 bits per heavy atom. The summed E-state index contributed by atoms with van der Waals surface area (Å²) >= 11 is 3.38. The summed E-state index contributed by atoms with van der Waals surface area (Å²) in [5.74, 6) is 1.19. The first-order valence-electron chi connectivity index (χ1n) is 5.58. The number of aromatic nitrogens is 2. The molecule has 2 aromatic rings. The molecule has 0 aliphatic carbocycles. The fourth-order valence-corrected chi connectivity index (χ4v) is 1.84. The molecule has 0 atom stereocenters. The Labute approximate surface area is 114 Å². The van der Waals surface area contributed by atoms with Crippen molar-refractivity contribution >= 4 is 15.9 Å². The molecule has 0 unspecified atom stereocenters. The van der Waals surface area contributed by atoms with Crippen LogP contribution in [0.2, 0.25) is 0 Å². The fraction of sp³-hybridized carbons (Fsp3) is 0.231. The van der Waals surface area contributed by atoms with Gasteiger partial charge in [-0.2, -0.15) is 5.10 Å². The zero-order valence-corrected chi connectivity index (χ0v) is 11.9. The van der Waals surface area contributed by atoms with Crippen molar-refractivity contribution in [3.63, 3.8) is 0 Å². The van der Waals surface area contributed by atoms with Gasteiger partial charge in [-0.15, -0.1) is 5.10 Å². The van der Waals surface area contributed by atoms with Gasteiger partial charge in [0, 0.05) is 16.6 Å². The number of nitrogens with zero attached hydrogens (tertiary/aromatic N) is 2. The molecule has 0 bridgehead atoms. The van der Waals surface area contributed by atoms with Crippen molar-refractivity contribution in [2.75, 3.05) is 0 Å². The van der Waals surface area contributed by atoms with Gasteiger partial charge in [-0.25, -0.2) is 0 Å². The van der Waals surface area contributed by atoms with Gasteiger partial charge < -0.3 is 10.5 Å². The van der Waals surface area contributed by atoms with Gasteiger partial charge in [0.05, 0.1) is 5.69 Å². The van der Waals surface area contributed by atoms with E-state index in [1.54, 1.807) is 0 Å². The van der Waals surface area contributed by atoms with E-state index in [1.165, 1.54) is 0 Å². The quantitative estimate of drug-likeness (QED) is 0.946. The lowest BCUT2D eigenvalue weighted by Crippen LogP contribution is -2.07. The largest absolute Gasteiger partial charge is 0.437 e. The van der Waals surface area contributed by atoms with E-state index in [0.29, 0.717) is 18.2 Å². The SMILES string of the molecule is Cc1nnc(Oc2ccc(Br)cc2)c(CN)c1C. The zero-order chi connectivity index (χ0) is 13.1. The Bertz CT molecular complexity index is 555. The van der Waals surface area contributed by atoms with Gasteiger partial charge in [0.1, 0.15) is 5.75 Å². The van der Waals surface area contributed by atoms with Gasteiger partial charge >= 0.3 is 0 Å². The van der Waals surface area contributed by atoms with Gasteiger partial charge in [0.25, 0.3) is 0 Å². The highest BCUT2D eigenvalue weighted by atomic mass is 79.9. The number of halogens is 1. The van der Waals surface area contributed by atoms with Gasteiger partial charge in [0.2, 0.25) is 5.88 Å². The molecule has 0 aliphatic heterocycles. The Hall–Kier alpha value is -1.46.